The summed E-state index contributed by atoms with van der Waals surface area (Å²) in [7, 11) is 0. The third-order valence-electron chi connectivity index (χ3n) is 3.18. The average molecular weight is 253 g/mol. The van der Waals surface area contributed by atoms with E-state index in [-0.39, 0.29) is 5.82 Å². The molecule has 17 heavy (non-hydrogen) atoms. The van der Waals surface area contributed by atoms with Gasteiger partial charge in [-0.15, -0.1) is 11.8 Å². The highest BCUT2D eigenvalue weighted by molar-refractivity contribution is 8.00. The van der Waals surface area contributed by atoms with Crippen molar-refractivity contribution in [3.63, 3.8) is 0 Å². The van der Waals surface area contributed by atoms with Gasteiger partial charge in [0.2, 0.25) is 0 Å². The molecule has 0 aliphatic heterocycles. The fourth-order valence-corrected chi connectivity index (χ4v) is 3.26. The van der Waals surface area contributed by atoms with E-state index in [1.165, 1.54) is 31.7 Å². The average Bonchev–Trinajstić information content (AvgIpc) is 2.79. The van der Waals surface area contributed by atoms with Crippen LogP contribution in [0.3, 0.4) is 0 Å². The van der Waals surface area contributed by atoms with Gasteiger partial charge < -0.3 is 5.32 Å². The van der Waals surface area contributed by atoms with Crippen molar-refractivity contribution in [2.45, 2.75) is 48.8 Å². The molecule has 0 heterocycles. The van der Waals surface area contributed by atoms with Gasteiger partial charge in [-0.1, -0.05) is 25.8 Å². The number of benzene rings is 1. The van der Waals surface area contributed by atoms with E-state index < -0.39 is 0 Å². The van der Waals surface area contributed by atoms with Crippen molar-refractivity contribution in [1.82, 2.24) is 5.32 Å². The Morgan fingerprint density at radius 2 is 2.18 bits per heavy atom. The minimum absolute atomic E-state index is 0.147. The van der Waals surface area contributed by atoms with Crippen LogP contribution in [0.5, 0.6) is 0 Å². The molecule has 0 amide bonds. The molecule has 94 valence electrons. The first-order valence-corrected chi connectivity index (χ1v) is 7.27. The zero-order valence-electron chi connectivity index (χ0n) is 10.3. The van der Waals surface area contributed by atoms with E-state index in [0.717, 1.165) is 11.4 Å². The molecule has 1 saturated carbocycles. The first kappa shape index (κ1) is 12.9. The summed E-state index contributed by atoms with van der Waals surface area (Å²) in [4.78, 5) is 1.02. The van der Waals surface area contributed by atoms with Gasteiger partial charge >= 0.3 is 0 Å². The fourth-order valence-electron chi connectivity index (χ4n) is 2.28. The number of rotatable bonds is 5. The minimum atomic E-state index is -0.147. The number of thioether (sulfide) groups is 1. The third kappa shape index (κ3) is 4.32. The van der Waals surface area contributed by atoms with Gasteiger partial charge in [0, 0.05) is 22.7 Å². The normalized spacial score (nSPS) is 18.5. The Balaban J connectivity index is 1.74. The monoisotopic (exact) mass is 253 g/mol. The van der Waals surface area contributed by atoms with Gasteiger partial charge in [0.1, 0.15) is 5.82 Å². The number of nitrogens with one attached hydrogen (secondary N) is 1. The molecule has 2 rings (SSSR count). The molecule has 0 radical (unpaired) electrons. The molecular formula is C14H20FNS. The second kappa shape index (κ2) is 6.41. The lowest BCUT2D eigenvalue weighted by molar-refractivity contribution is 0.527. The van der Waals surface area contributed by atoms with Crippen LogP contribution in [-0.2, 0) is 0 Å². The van der Waals surface area contributed by atoms with E-state index in [1.807, 2.05) is 6.07 Å². The predicted octanol–water partition coefficient (Wildman–Crippen LogP) is 3.84. The van der Waals surface area contributed by atoms with E-state index in [0.29, 0.717) is 11.3 Å². The molecule has 1 nitrogen and oxygen atoms in total. The molecule has 1 aromatic carbocycles. The Bertz CT molecular complexity index is 350. The molecule has 1 unspecified atom stereocenters. The van der Waals surface area contributed by atoms with Gasteiger partial charge in [-0.25, -0.2) is 4.39 Å². The number of hydrogen-bond donors (Lipinski definition) is 1. The van der Waals surface area contributed by atoms with Crippen molar-refractivity contribution in [3.8, 4) is 0 Å². The summed E-state index contributed by atoms with van der Waals surface area (Å²) in [6, 6.07) is 7.56. The summed E-state index contributed by atoms with van der Waals surface area (Å²) >= 11 is 1.74. The first-order valence-electron chi connectivity index (χ1n) is 6.39. The van der Waals surface area contributed by atoms with Crippen LogP contribution in [0.2, 0.25) is 0 Å². The predicted molar refractivity (Wildman–Crippen MR) is 72.0 cm³/mol. The molecule has 1 fully saturated rings. The molecule has 3 heteroatoms. The lowest BCUT2D eigenvalue weighted by atomic mass is 10.2. The van der Waals surface area contributed by atoms with Crippen molar-refractivity contribution in [2.24, 2.45) is 0 Å². The topological polar surface area (TPSA) is 12.0 Å². The fraction of sp³-hybridized carbons (Fsp3) is 0.571. The van der Waals surface area contributed by atoms with Crippen LogP contribution in [0.25, 0.3) is 0 Å². The van der Waals surface area contributed by atoms with Crippen LogP contribution in [0, 0.1) is 5.82 Å². The van der Waals surface area contributed by atoms with Gasteiger partial charge in [0.05, 0.1) is 0 Å². The summed E-state index contributed by atoms with van der Waals surface area (Å²) in [5.41, 5.74) is 0. The van der Waals surface area contributed by atoms with E-state index in [2.05, 4.69) is 12.2 Å². The van der Waals surface area contributed by atoms with Crippen LogP contribution < -0.4 is 5.32 Å². The van der Waals surface area contributed by atoms with Crippen LogP contribution in [0.15, 0.2) is 29.2 Å². The minimum Gasteiger partial charge on any atom is -0.313 e. The summed E-state index contributed by atoms with van der Waals surface area (Å²) in [5.74, 6) is -0.147. The third-order valence-corrected chi connectivity index (χ3v) is 4.28. The van der Waals surface area contributed by atoms with Crippen LogP contribution >= 0.6 is 11.8 Å². The maximum absolute atomic E-state index is 13.0. The molecule has 0 bridgehead atoms. The maximum Gasteiger partial charge on any atom is 0.124 e. The molecule has 1 aliphatic carbocycles. The number of halogens is 1. The maximum atomic E-state index is 13.0. The SMILES string of the molecule is CC(CNC1CCCC1)Sc1cccc(F)c1. The van der Waals surface area contributed by atoms with Crippen molar-refractivity contribution in [2.75, 3.05) is 6.54 Å². The Labute approximate surface area is 107 Å². The highest BCUT2D eigenvalue weighted by Gasteiger charge is 2.15. The van der Waals surface area contributed by atoms with E-state index in [4.69, 9.17) is 0 Å². The second-order valence-corrected chi connectivity index (χ2v) is 6.29. The molecule has 1 aromatic rings. The molecular weight excluding hydrogens is 233 g/mol. The van der Waals surface area contributed by atoms with Crippen molar-refractivity contribution < 1.29 is 4.39 Å². The Morgan fingerprint density at radius 1 is 1.41 bits per heavy atom. The van der Waals surface area contributed by atoms with Crippen LogP contribution in [-0.4, -0.2) is 17.8 Å². The van der Waals surface area contributed by atoms with E-state index in [9.17, 15) is 4.39 Å². The lowest BCUT2D eigenvalue weighted by Gasteiger charge is -2.16. The Morgan fingerprint density at radius 3 is 2.88 bits per heavy atom. The Hall–Kier alpha value is -0.540. The van der Waals surface area contributed by atoms with E-state index >= 15 is 0 Å². The van der Waals surface area contributed by atoms with Gasteiger partial charge in [-0.05, 0) is 31.0 Å². The van der Waals surface area contributed by atoms with Gasteiger partial charge in [0.25, 0.3) is 0 Å². The van der Waals surface area contributed by atoms with Crippen molar-refractivity contribution in [3.05, 3.63) is 30.1 Å². The largest absolute Gasteiger partial charge is 0.313 e. The molecule has 1 aliphatic rings. The lowest BCUT2D eigenvalue weighted by Crippen LogP contribution is -2.31. The van der Waals surface area contributed by atoms with Crippen LogP contribution in [0.1, 0.15) is 32.6 Å². The highest BCUT2D eigenvalue weighted by atomic mass is 32.2. The van der Waals surface area contributed by atoms with Crippen molar-refractivity contribution in [1.29, 1.82) is 0 Å². The molecule has 0 aromatic heterocycles. The van der Waals surface area contributed by atoms with Gasteiger partial charge in [-0.2, -0.15) is 0 Å². The van der Waals surface area contributed by atoms with E-state index in [1.54, 1.807) is 23.9 Å². The first-order chi connectivity index (χ1) is 8.24. The molecule has 0 saturated heterocycles. The quantitative estimate of drug-likeness (QED) is 0.800. The summed E-state index contributed by atoms with van der Waals surface area (Å²) in [5, 5.41) is 4.09. The highest BCUT2D eigenvalue weighted by Crippen LogP contribution is 2.24. The van der Waals surface area contributed by atoms with Gasteiger partial charge in [-0.3, -0.25) is 0 Å². The molecule has 1 N–H and O–H groups in total. The van der Waals surface area contributed by atoms with Crippen LogP contribution in [0.4, 0.5) is 4.39 Å². The summed E-state index contributed by atoms with van der Waals surface area (Å²) < 4.78 is 13.0. The molecule has 1 atom stereocenters. The Kier molecular flexibility index (Phi) is 4.86. The zero-order chi connectivity index (χ0) is 12.1. The summed E-state index contributed by atoms with van der Waals surface area (Å²) in [6.07, 6.45) is 5.36. The second-order valence-electron chi connectivity index (χ2n) is 4.78. The van der Waals surface area contributed by atoms with Gasteiger partial charge in [0.15, 0.2) is 0 Å². The number of hydrogen-bond acceptors (Lipinski definition) is 2. The van der Waals surface area contributed by atoms with Crippen molar-refractivity contribution >= 4 is 11.8 Å². The smallest absolute Gasteiger partial charge is 0.124 e. The summed E-state index contributed by atoms with van der Waals surface area (Å²) in [6.45, 7) is 3.20. The zero-order valence-corrected chi connectivity index (χ0v) is 11.1. The molecule has 0 spiro atoms. The standard InChI is InChI=1S/C14H20FNS/c1-11(10-16-13-6-2-3-7-13)17-14-8-4-5-12(15)9-14/h4-5,8-9,11,13,16H,2-3,6-7,10H2,1H3.